The van der Waals surface area contributed by atoms with Crippen molar-refractivity contribution in [3.63, 3.8) is 0 Å². The third kappa shape index (κ3) is 5.40. The van der Waals surface area contributed by atoms with E-state index >= 15 is 0 Å². The van der Waals surface area contributed by atoms with Crippen molar-refractivity contribution in [1.29, 1.82) is 5.26 Å². The molecule has 2 aromatic carbocycles. The third-order valence-corrected chi connectivity index (χ3v) is 7.02. The highest BCUT2D eigenvalue weighted by Gasteiger charge is 2.22. The zero-order chi connectivity index (χ0) is 27.5. The summed E-state index contributed by atoms with van der Waals surface area (Å²) in [5.74, 6) is 0. The number of rotatable bonds is 8. The van der Waals surface area contributed by atoms with Gasteiger partial charge in [-0.2, -0.15) is 5.26 Å². The Morgan fingerprint density at radius 2 is 1.79 bits per heavy atom. The number of nitrogens with zero attached hydrogens (tertiary/aromatic N) is 6. The Kier molecular flexibility index (Phi) is 7.44. The minimum Gasteiger partial charge on any atom is -0.377 e. The van der Waals surface area contributed by atoms with Crippen LogP contribution in [-0.4, -0.2) is 25.0 Å². The Hall–Kier alpha value is -4.48. The van der Waals surface area contributed by atoms with Crippen LogP contribution in [0, 0.1) is 18.3 Å². The van der Waals surface area contributed by atoms with Gasteiger partial charge in [0, 0.05) is 46.8 Å². The number of aromatic nitrogens is 5. The first kappa shape index (κ1) is 26.1. The third-order valence-electron chi connectivity index (χ3n) is 6.73. The summed E-state index contributed by atoms with van der Waals surface area (Å²) < 4.78 is 1.83. The molecule has 39 heavy (non-hydrogen) atoms. The molecule has 3 aromatic heterocycles. The summed E-state index contributed by atoms with van der Waals surface area (Å²) in [4.78, 5) is 9.01. The predicted molar refractivity (Wildman–Crippen MR) is 155 cm³/mol. The summed E-state index contributed by atoms with van der Waals surface area (Å²) in [6.07, 6.45) is 5.28. The van der Waals surface area contributed by atoms with Crippen LogP contribution in [-0.2, 0) is 0 Å². The van der Waals surface area contributed by atoms with Crippen molar-refractivity contribution < 1.29 is 0 Å². The Bertz CT molecular complexity index is 1660. The Labute approximate surface area is 232 Å². The zero-order valence-electron chi connectivity index (χ0n) is 22.2. The normalized spacial score (nSPS) is 12.7. The average Bonchev–Trinajstić information content (AvgIpc) is 3.44. The molecular formula is C30H29ClN8. The van der Waals surface area contributed by atoms with Crippen molar-refractivity contribution >= 4 is 33.9 Å². The second-order valence-electron chi connectivity index (χ2n) is 9.76. The maximum Gasteiger partial charge on any atom is 0.110 e. The van der Waals surface area contributed by atoms with Crippen molar-refractivity contribution in [1.82, 2.24) is 25.0 Å². The van der Waals surface area contributed by atoms with Crippen LogP contribution in [0.4, 0.5) is 11.4 Å². The van der Waals surface area contributed by atoms with E-state index < -0.39 is 0 Å². The molecule has 5 rings (SSSR count). The van der Waals surface area contributed by atoms with Gasteiger partial charge in [0.25, 0.3) is 0 Å². The molecule has 196 valence electrons. The predicted octanol–water partition coefficient (Wildman–Crippen LogP) is 7.01. The minimum atomic E-state index is -0.327. The topological polar surface area (TPSA) is 104 Å². The van der Waals surface area contributed by atoms with Crippen LogP contribution in [0.2, 0.25) is 5.02 Å². The lowest BCUT2D eigenvalue weighted by atomic mass is 10.0. The SMILES string of the molecule is Cc1ncccc1C(Nc1cc(Cl)c2ncc(C#N)c(NC(C)c3ccccc3)c2c1)c1cn(C(C)C)nn1. The van der Waals surface area contributed by atoms with Crippen LogP contribution in [0.5, 0.6) is 0 Å². The molecule has 0 bridgehead atoms. The molecule has 0 radical (unpaired) electrons. The molecular weight excluding hydrogens is 508 g/mol. The van der Waals surface area contributed by atoms with Crippen LogP contribution in [0.1, 0.15) is 67.0 Å². The lowest BCUT2D eigenvalue weighted by Crippen LogP contribution is -2.15. The van der Waals surface area contributed by atoms with E-state index in [0.717, 1.165) is 33.6 Å². The molecule has 8 nitrogen and oxygen atoms in total. The number of hydrogen-bond acceptors (Lipinski definition) is 7. The molecule has 5 aromatic rings. The highest BCUT2D eigenvalue weighted by molar-refractivity contribution is 6.35. The summed E-state index contributed by atoms with van der Waals surface area (Å²) in [6, 6.07) is 19.9. The smallest absolute Gasteiger partial charge is 0.110 e. The van der Waals surface area contributed by atoms with E-state index in [4.69, 9.17) is 11.6 Å². The first-order valence-electron chi connectivity index (χ1n) is 12.8. The van der Waals surface area contributed by atoms with Gasteiger partial charge in [0.2, 0.25) is 0 Å². The van der Waals surface area contributed by atoms with Gasteiger partial charge in [-0.3, -0.25) is 9.97 Å². The van der Waals surface area contributed by atoms with E-state index in [2.05, 4.69) is 69.9 Å². The van der Waals surface area contributed by atoms with Crippen LogP contribution in [0.15, 0.2) is 73.2 Å². The molecule has 2 atom stereocenters. The molecule has 9 heteroatoms. The quantitative estimate of drug-likeness (QED) is 0.220. The van der Waals surface area contributed by atoms with E-state index in [1.807, 2.05) is 60.3 Å². The summed E-state index contributed by atoms with van der Waals surface area (Å²) >= 11 is 6.78. The van der Waals surface area contributed by atoms with E-state index in [0.29, 0.717) is 21.8 Å². The van der Waals surface area contributed by atoms with Crippen LogP contribution in [0.25, 0.3) is 10.9 Å². The highest BCUT2D eigenvalue weighted by atomic mass is 35.5. The fourth-order valence-electron chi connectivity index (χ4n) is 4.58. The molecule has 0 aliphatic heterocycles. The number of nitrogens with one attached hydrogen (secondary N) is 2. The van der Waals surface area contributed by atoms with Crippen LogP contribution >= 0.6 is 11.6 Å². The second kappa shape index (κ2) is 11.1. The van der Waals surface area contributed by atoms with Gasteiger partial charge < -0.3 is 10.6 Å². The maximum absolute atomic E-state index is 9.92. The summed E-state index contributed by atoms with van der Waals surface area (Å²) in [7, 11) is 0. The van der Waals surface area contributed by atoms with Crippen LogP contribution < -0.4 is 10.6 Å². The van der Waals surface area contributed by atoms with Gasteiger partial charge in [-0.25, -0.2) is 4.68 Å². The Morgan fingerprint density at radius 1 is 1.00 bits per heavy atom. The van der Waals surface area contributed by atoms with E-state index in [-0.39, 0.29) is 18.1 Å². The van der Waals surface area contributed by atoms with Gasteiger partial charge in [-0.15, -0.1) is 5.10 Å². The Balaban J connectivity index is 1.60. The minimum absolute atomic E-state index is 0.0452. The first-order valence-corrected chi connectivity index (χ1v) is 13.2. The molecule has 2 unspecified atom stereocenters. The molecule has 0 aliphatic carbocycles. The number of anilines is 2. The number of nitriles is 1. The molecule has 0 spiro atoms. The average molecular weight is 537 g/mol. The second-order valence-corrected chi connectivity index (χ2v) is 10.2. The number of pyridine rings is 2. The summed E-state index contributed by atoms with van der Waals surface area (Å²) in [5, 5.41) is 27.1. The van der Waals surface area contributed by atoms with Gasteiger partial charge in [0.1, 0.15) is 11.8 Å². The fraction of sp³-hybridized carbons (Fsp3) is 0.233. The van der Waals surface area contributed by atoms with E-state index in [1.165, 1.54) is 0 Å². The molecule has 3 heterocycles. The van der Waals surface area contributed by atoms with Crippen molar-refractivity contribution in [3.8, 4) is 6.07 Å². The molecule has 2 N–H and O–H groups in total. The zero-order valence-corrected chi connectivity index (χ0v) is 23.0. The number of aryl methyl sites for hydroxylation is 1. The van der Waals surface area contributed by atoms with Crippen molar-refractivity contribution in [3.05, 3.63) is 106 Å². The van der Waals surface area contributed by atoms with Gasteiger partial charge in [-0.05, 0) is 51.5 Å². The van der Waals surface area contributed by atoms with E-state index in [9.17, 15) is 5.26 Å². The molecule has 0 fully saturated rings. The standard InChI is InChI=1S/C30H29ClN8/c1-18(2)39-17-27(37-38-39)30(24-11-8-12-33-20(24)4)36-23-13-25-28(35-19(3)21-9-6-5-7-10-21)22(15-32)16-34-29(25)26(31)14-23/h5-14,16-19,30,36H,1-4H3,(H,34,35). The molecule has 0 aliphatic rings. The highest BCUT2D eigenvalue weighted by Crippen LogP contribution is 2.37. The maximum atomic E-state index is 9.92. The number of benzene rings is 2. The number of hydrogen-bond donors (Lipinski definition) is 2. The van der Waals surface area contributed by atoms with Crippen molar-refractivity contribution in [2.75, 3.05) is 10.6 Å². The molecule has 0 saturated heterocycles. The van der Waals surface area contributed by atoms with Crippen molar-refractivity contribution in [2.24, 2.45) is 0 Å². The van der Waals surface area contributed by atoms with Gasteiger partial charge in [0.15, 0.2) is 0 Å². The molecule has 0 saturated carbocycles. The Morgan fingerprint density at radius 3 is 2.49 bits per heavy atom. The first-order chi connectivity index (χ1) is 18.9. The lowest BCUT2D eigenvalue weighted by Gasteiger charge is -2.22. The lowest BCUT2D eigenvalue weighted by molar-refractivity contribution is 0.514. The summed E-state index contributed by atoms with van der Waals surface area (Å²) in [5.41, 5.74) is 6.22. The fourth-order valence-corrected chi connectivity index (χ4v) is 4.85. The monoisotopic (exact) mass is 536 g/mol. The van der Waals surface area contributed by atoms with Crippen LogP contribution in [0.3, 0.4) is 0 Å². The number of fused-ring (bicyclic) bond motifs is 1. The van der Waals surface area contributed by atoms with Gasteiger partial charge in [-0.1, -0.05) is 53.2 Å². The molecule has 0 amide bonds. The van der Waals surface area contributed by atoms with Gasteiger partial charge >= 0.3 is 0 Å². The van der Waals surface area contributed by atoms with E-state index in [1.54, 1.807) is 12.4 Å². The largest absolute Gasteiger partial charge is 0.377 e. The summed E-state index contributed by atoms with van der Waals surface area (Å²) in [6.45, 7) is 8.15. The number of halogens is 1. The van der Waals surface area contributed by atoms with Gasteiger partial charge in [0.05, 0.1) is 34.0 Å². The van der Waals surface area contributed by atoms with Crippen molar-refractivity contribution in [2.45, 2.75) is 45.8 Å².